The predicted octanol–water partition coefficient (Wildman–Crippen LogP) is 4.24. The topological polar surface area (TPSA) is 12.0 Å². The maximum absolute atomic E-state index is 3.76. The monoisotopic (exact) mass is 251 g/mol. The van der Waals surface area contributed by atoms with Crippen LogP contribution in [0.3, 0.4) is 0 Å². The molecule has 0 aliphatic heterocycles. The summed E-state index contributed by atoms with van der Waals surface area (Å²) < 4.78 is 0. The van der Waals surface area contributed by atoms with E-state index in [-0.39, 0.29) is 0 Å². The molecule has 96 valence electrons. The van der Waals surface area contributed by atoms with Crippen molar-refractivity contribution in [2.24, 2.45) is 5.41 Å². The first-order valence-corrected chi connectivity index (χ1v) is 7.99. The third kappa shape index (κ3) is 2.92. The van der Waals surface area contributed by atoms with Crippen molar-refractivity contribution in [2.45, 2.75) is 58.4 Å². The molecule has 0 bridgehead atoms. The maximum atomic E-state index is 3.76. The van der Waals surface area contributed by atoms with Crippen LogP contribution in [0.5, 0.6) is 0 Å². The molecule has 1 fully saturated rings. The molecule has 1 nitrogen and oxygen atoms in total. The Morgan fingerprint density at radius 3 is 2.65 bits per heavy atom. The summed E-state index contributed by atoms with van der Waals surface area (Å²) in [7, 11) is 0. The Morgan fingerprint density at radius 1 is 1.35 bits per heavy atom. The van der Waals surface area contributed by atoms with E-state index in [2.05, 4.69) is 36.0 Å². The van der Waals surface area contributed by atoms with E-state index in [0.29, 0.717) is 11.5 Å². The Bertz CT molecular complexity index is 312. The highest BCUT2D eigenvalue weighted by Gasteiger charge is 2.39. The zero-order chi connectivity index (χ0) is 12.1. The highest BCUT2D eigenvalue weighted by atomic mass is 32.1. The number of likely N-dealkylation sites (N-methyl/N-ethyl adjacent to an activating group) is 1. The fraction of sp³-hybridized carbons (Fsp3) is 0.733. The van der Waals surface area contributed by atoms with E-state index in [4.69, 9.17) is 0 Å². The van der Waals surface area contributed by atoms with Crippen molar-refractivity contribution >= 4 is 11.3 Å². The predicted molar refractivity (Wildman–Crippen MR) is 76.7 cm³/mol. The standard InChI is InChI=1S/C15H25NS/c1-3-15(8-5-6-9-15)14(16-4-2)11-13-7-10-17-12-13/h7,10,12,14,16H,3-6,8-9,11H2,1-2H3. The van der Waals surface area contributed by atoms with Gasteiger partial charge in [-0.3, -0.25) is 0 Å². The highest BCUT2D eigenvalue weighted by molar-refractivity contribution is 7.07. The van der Waals surface area contributed by atoms with Gasteiger partial charge in [0.25, 0.3) is 0 Å². The van der Waals surface area contributed by atoms with Gasteiger partial charge in [0, 0.05) is 6.04 Å². The van der Waals surface area contributed by atoms with Gasteiger partial charge in [0.2, 0.25) is 0 Å². The molecule has 1 N–H and O–H groups in total. The molecule has 1 aromatic rings. The maximum Gasteiger partial charge on any atom is 0.0164 e. The Hall–Kier alpha value is -0.340. The second kappa shape index (κ2) is 6.01. The van der Waals surface area contributed by atoms with E-state index < -0.39 is 0 Å². The minimum Gasteiger partial charge on any atom is -0.313 e. The van der Waals surface area contributed by atoms with E-state index in [1.165, 1.54) is 44.1 Å². The van der Waals surface area contributed by atoms with Crippen LogP contribution < -0.4 is 5.32 Å². The van der Waals surface area contributed by atoms with Gasteiger partial charge in [0.05, 0.1) is 0 Å². The van der Waals surface area contributed by atoms with E-state index >= 15 is 0 Å². The van der Waals surface area contributed by atoms with Gasteiger partial charge in [0.15, 0.2) is 0 Å². The highest BCUT2D eigenvalue weighted by Crippen LogP contribution is 2.44. The van der Waals surface area contributed by atoms with Crippen molar-refractivity contribution in [3.05, 3.63) is 22.4 Å². The molecule has 0 spiro atoms. The van der Waals surface area contributed by atoms with E-state index in [1.54, 1.807) is 0 Å². The zero-order valence-electron chi connectivity index (χ0n) is 11.2. The first-order chi connectivity index (χ1) is 8.30. The lowest BCUT2D eigenvalue weighted by molar-refractivity contribution is 0.186. The summed E-state index contributed by atoms with van der Waals surface area (Å²) in [5.41, 5.74) is 2.08. The Kier molecular flexibility index (Phi) is 4.63. The van der Waals surface area contributed by atoms with Crippen molar-refractivity contribution in [1.82, 2.24) is 5.32 Å². The summed E-state index contributed by atoms with van der Waals surface area (Å²) >= 11 is 1.82. The van der Waals surface area contributed by atoms with Gasteiger partial charge in [-0.05, 0) is 60.0 Å². The molecule has 1 heterocycles. The summed E-state index contributed by atoms with van der Waals surface area (Å²) in [6.45, 7) is 5.71. The second-order valence-electron chi connectivity index (χ2n) is 5.37. The minimum absolute atomic E-state index is 0.567. The lowest BCUT2D eigenvalue weighted by Crippen LogP contribution is -2.45. The van der Waals surface area contributed by atoms with Crippen LogP contribution in [0.2, 0.25) is 0 Å². The molecule has 1 aliphatic rings. The second-order valence-corrected chi connectivity index (χ2v) is 6.15. The van der Waals surface area contributed by atoms with Crippen molar-refractivity contribution in [3.8, 4) is 0 Å². The normalized spacial score (nSPS) is 20.6. The molecule has 1 aliphatic carbocycles. The van der Waals surface area contributed by atoms with Gasteiger partial charge in [-0.15, -0.1) is 0 Å². The van der Waals surface area contributed by atoms with Crippen LogP contribution >= 0.6 is 11.3 Å². The molecule has 0 amide bonds. The third-order valence-electron chi connectivity index (χ3n) is 4.51. The fourth-order valence-electron chi connectivity index (χ4n) is 3.42. The van der Waals surface area contributed by atoms with Crippen LogP contribution in [0.15, 0.2) is 16.8 Å². The summed E-state index contributed by atoms with van der Waals surface area (Å²) in [6, 6.07) is 2.96. The molecule has 2 rings (SSSR count). The molecule has 0 saturated heterocycles. The minimum atomic E-state index is 0.567. The van der Waals surface area contributed by atoms with Crippen LogP contribution in [0.4, 0.5) is 0 Å². The van der Waals surface area contributed by atoms with Crippen molar-refractivity contribution in [1.29, 1.82) is 0 Å². The third-order valence-corrected chi connectivity index (χ3v) is 5.25. The SMILES string of the molecule is CCNC(Cc1ccsc1)C1(CC)CCCC1. The van der Waals surface area contributed by atoms with Crippen LogP contribution in [-0.2, 0) is 6.42 Å². The molecule has 1 aromatic heterocycles. The molecule has 1 saturated carbocycles. The van der Waals surface area contributed by atoms with E-state index in [0.717, 1.165) is 6.54 Å². The lowest BCUT2D eigenvalue weighted by Gasteiger charge is -2.37. The number of nitrogens with one attached hydrogen (secondary N) is 1. The molecule has 0 aromatic carbocycles. The largest absolute Gasteiger partial charge is 0.313 e. The number of hydrogen-bond donors (Lipinski definition) is 1. The van der Waals surface area contributed by atoms with Gasteiger partial charge in [-0.2, -0.15) is 11.3 Å². The first kappa shape index (κ1) is 13.1. The number of thiophene rings is 1. The summed E-state index contributed by atoms with van der Waals surface area (Å²) in [6.07, 6.45) is 8.25. The smallest absolute Gasteiger partial charge is 0.0164 e. The van der Waals surface area contributed by atoms with Crippen molar-refractivity contribution < 1.29 is 0 Å². The van der Waals surface area contributed by atoms with Gasteiger partial charge < -0.3 is 5.32 Å². The molecule has 17 heavy (non-hydrogen) atoms. The average Bonchev–Trinajstić information content (AvgIpc) is 3.00. The Balaban J connectivity index is 2.09. The van der Waals surface area contributed by atoms with Gasteiger partial charge >= 0.3 is 0 Å². The molecular formula is C15H25NS. The molecular weight excluding hydrogens is 226 g/mol. The van der Waals surface area contributed by atoms with E-state index in [9.17, 15) is 0 Å². The van der Waals surface area contributed by atoms with Crippen LogP contribution in [0.25, 0.3) is 0 Å². The summed E-state index contributed by atoms with van der Waals surface area (Å²) in [4.78, 5) is 0. The first-order valence-electron chi connectivity index (χ1n) is 7.05. The fourth-order valence-corrected chi connectivity index (χ4v) is 4.11. The zero-order valence-corrected chi connectivity index (χ0v) is 12.0. The Morgan fingerprint density at radius 2 is 2.12 bits per heavy atom. The van der Waals surface area contributed by atoms with Gasteiger partial charge in [-0.1, -0.05) is 26.7 Å². The van der Waals surface area contributed by atoms with Crippen LogP contribution in [0, 0.1) is 5.41 Å². The lowest BCUT2D eigenvalue weighted by atomic mass is 9.74. The quantitative estimate of drug-likeness (QED) is 0.797. The van der Waals surface area contributed by atoms with Gasteiger partial charge in [0.1, 0.15) is 0 Å². The van der Waals surface area contributed by atoms with Crippen molar-refractivity contribution in [2.75, 3.05) is 6.54 Å². The molecule has 0 radical (unpaired) electrons. The molecule has 1 unspecified atom stereocenters. The van der Waals surface area contributed by atoms with Crippen molar-refractivity contribution in [3.63, 3.8) is 0 Å². The Labute approximate surface area is 110 Å². The molecule has 2 heteroatoms. The van der Waals surface area contributed by atoms with Gasteiger partial charge in [-0.25, -0.2) is 0 Å². The molecule has 1 atom stereocenters. The summed E-state index contributed by atoms with van der Waals surface area (Å²) in [5, 5.41) is 8.27. The van der Waals surface area contributed by atoms with Crippen LogP contribution in [0.1, 0.15) is 51.5 Å². The van der Waals surface area contributed by atoms with Crippen LogP contribution in [-0.4, -0.2) is 12.6 Å². The van der Waals surface area contributed by atoms with E-state index in [1.807, 2.05) is 11.3 Å². The summed E-state index contributed by atoms with van der Waals surface area (Å²) in [5.74, 6) is 0. The average molecular weight is 251 g/mol. The number of hydrogen-bond acceptors (Lipinski definition) is 2. The number of rotatable bonds is 6.